The van der Waals surface area contributed by atoms with Crippen molar-refractivity contribution in [1.82, 2.24) is 0 Å². The Morgan fingerprint density at radius 3 is 2.42 bits per heavy atom. The third-order valence-corrected chi connectivity index (χ3v) is 7.02. The second-order valence-electron chi connectivity index (χ2n) is 7.17. The molecule has 0 bridgehead atoms. The zero-order chi connectivity index (χ0) is 22.0. The molecule has 31 heavy (non-hydrogen) atoms. The van der Waals surface area contributed by atoms with E-state index >= 15 is 0 Å². The SMILES string of the molecule is CCC(=O)c1ccc(OC(=O)c2cccc(S(=O)(=O)N3CCc4ccccc43)c2)cc1. The van der Waals surface area contributed by atoms with Crippen molar-refractivity contribution < 1.29 is 22.7 Å². The maximum absolute atomic E-state index is 13.2. The monoisotopic (exact) mass is 435 g/mol. The Morgan fingerprint density at radius 2 is 1.68 bits per heavy atom. The van der Waals surface area contributed by atoms with Gasteiger partial charge in [0, 0.05) is 18.5 Å². The van der Waals surface area contributed by atoms with Gasteiger partial charge in [0.15, 0.2) is 5.78 Å². The second-order valence-corrected chi connectivity index (χ2v) is 9.04. The average molecular weight is 436 g/mol. The zero-order valence-electron chi connectivity index (χ0n) is 16.9. The first-order chi connectivity index (χ1) is 14.9. The van der Waals surface area contributed by atoms with Gasteiger partial charge < -0.3 is 4.74 Å². The Hall–Kier alpha value is -3.45. The molecule has 1 aliphatic heterocycles. The molecule has 1 heterocycles. The van der Waals surface area contributed by atoms with Gasteiger partial charge in [0.1, 0.15) is 5.75 Å². The highest BCUT2D eigenvalue weighted by Gasteiger charge is 2.31. The van der Waals surface area contributed by atoms with Crippen molar-refractivity contribution in [2.75, 3.05) is 10.8 Å². The number of sulfonamides is 1. The molecule has 0 unspecified atom stereocenters. The van der Waals surface area contributed by atoms with Gasteiger partial charge in [-0.05, 0) is 60.5 Å². The Balaban J connectivity index is 1.55. The standard InChI is InChI=1S/C24H21NO5S/c1-2-23(26)18-10-12-20(13-11-18)30-24(27)19-7-5-8-21(16-19)31(28,29)25-15-14-17-6-3-4-9-22(17)25/h3-13,16H,2,14-15H2,1H3. The van der Waals surface area contributed by atoms with Gasteiger partial charge in [-0.2, -0.15) is 0 Å². The summed E-state index contributed by atoms with van der Waals surface area (Å²) in [6, 6.07) is 19.5. The van der Waals surface area contributed by atoms with Gasteiger partial charge in [0.05, 0.1) is 16.1 Å². The maximum Gasteiger partial charge on any atom is 0.343 e. The van der Waals surface area contributed by atoms with Crippen LogP contribution in [-0.4, -0.2) is 26.7 Å². The number of esters is 1. The topological polar surface area (TPSA) is 80.8 Å². The van der Waals surface area contributed by atoms with Gasteiger partial charge >= 0.3 is 5.97 Å². The second kappa shape index (κ2) is 8.35. The van der Waals surface area contributed by atoms with Crippen LogP contribution in [0.4, 0.5) is 5.69 Å². The Labute approximate surface area is 181 Å². The number of ketones is 1. The molecule has 4 rings (SSSR count). The number of rotatable bonds is 6. The summed E-state index contributed by atoms with van der Waals surface area (Å²) >= 11 is 0. The van der Waals surface area contributed by atoms with Gasteiger partial charge in [-0.1, -0.05) is 31.2 Å². The maximum atomic E-state index is 13.2. The first kappa shape index (κ1) is 20.8. The third kappa shape index (κ3) is 4.09. The minimum atomic E-state index is -3.81. The molecule has 0 atom stereocenters. The minimum absolute atomic E-state index is 0.000675. The van der Waals surface area contributed by atoms with Gasteiger partial charge in [-0.3, -0.25) is 9.10 Å². The molecule has 3 aromatic rings. The number of para-hydroxylation sites is 1. The van der Waals surface area contributed by atoms with Crippen LogP contribution in [0.5, 0.6) is 5.75 Å². The molecule has 0 aliphatic carbocycles. The lowest BCUT2D eigenvalue weighted by molar-refractivity contribution is 0.0734. The molecule has 0 amide bonds. The highest BCUT2D eigenvalue weighted by molar-refractivity contribution is 7.92. The van der Waals surface area contributed by atoms with Gasteiger partial charge in [0.25, 0.3) is 10.0 Å². The predicted molar refractivity (Wildman–Crippen MR) is 117 cm³/mol. The van der Waals surface area contributed by atoms with Gasteiger partial charge in [-0.25, -0.2) is 13.2 Å². The first-order valence-electron chi connectivity index (χ1n) is 9.96. The van der Waals surface area contributed by atoms with E-state index in [9.17, 15) is 18.0 Å². The number of carbonyl (C=O) groups is 2. The van der Waals surface area contributed by atoms with E-state index in [2.05, 4.69) is 0 Å². The van der Waals surface area contributed by atoms with E-state index in [4.69, 9.17) is 4.74 Å². The highest BCUT2D eigenvalue weighted by Crippen LogP contribution is 2.32. The van der Waals surface area contributed by atoms with Crippen LogP contribution >= 0.6 is 0 Å². The third-order valence-electron chi connectivity index (χ3n) is 5.21. The summed E-state index contributed by atoms with van der Waals surface area (Å²) in [5.41, 5.74) is 2.31. The lowest BCUT2D eigenvalue weighted by Gasteiger charge is -2.19. The number of hydrogen-bond donors (Lipinski definition) is 0. The number of nitrogens with zero attached hydrogens (tertiary/aromatic N) is 1. The number of benzene rings is 3. The largest absolute Gasteiger partial charge is 0.423 e. The lowest BCUT2D eigenvalue weighted by atomic mass is 10.1. The van der Waals surface area contributed by atoms with E-state index in [1.54, 1.807) is 43.3 Å². The van der Waals surface area contributed by atoms with Gasteiger partial charge in [0.2, 0.25) is 0 Å². The summed E-state index contributed by atoms with van der Waals surface area (Å²) in [7, 11) is -3.81. The molecule has 1 aliphatic rings. The summed E-state index contributed by atoms with van der Waals surface area (Å²) in [4.78, 5) is 24.3. The fourth-order valence-corrected chi connectivity index (χ4v) is 5.10. The first-order valence-corrected chi connectivity index (χ1v) is 11.4. The fourth-order valence-electron chi connectivity index (χ4n) is 3.55. The van der Waals surface area contributed by atoms with E-state index in [0.717, 1.165) is 5.56 Å². The van der Waals surface area contributed by atoms with Crippen LogP contribution in [0.2, 0.25) is 0 Å². The van der Waals surface area contributed by atoms with Crippen LogP contribution < -0.4 is 9.04 Å². The molecule has 6 nitrogen and oxygen atoms in total. The number of ether oxygens (including phenoxy) is 1. The van der Waals surface area contributed by atoms with E-state index in [1.807, 2.05) is 12.1 Å². The quantitative estimate of drug-likeness (QED) is 0.328. The predicted octanol–water partition coefficient (Wildman–Crippen LogP) is 4.25. The normalized spacial score (nSPS) is 13.0. The molecule has 3 aromatic carbocycles. The van der Waals surface area contributed by atoms with Crippen LogP contribution in [0, 0.1) is 0 Å². The highest BCUT2D eigenvalue weighted by atomic mass is 32.2. The zero-order valence-corrected chi connectivity index (χ0v) is 17.8. The van der Waals surface area contributed by atoms with Crippen molar-refractivity contribution in [3.8, 4) is 5.75 Å². The number of fused-ring (bicyclic) bond motifs is 1. The van der Waals surface area contributed by atoms with Crippen LogP contribution in [0.25, 0.3) is 0 Å². The fraction of sp³-hybridized carbons (Fsp3) is 0.167. The van der Waals surface area contributed by atoms with Crippen molar-refractivity contribution in [3.63, 3.8) is 0 Å². The summed E-state index contributed by atoms with van der Waals surface area (Å²) in [5.74, 6) is -0.396. The Bertz CT molecular complexity index is 1250. The van der Waals surface area contributed by atoms with Crippen molar-refractivity contribution in [3.05, 3.63) is 89.5 Å². The summed E-state index contributed by atoms with van der Waals surface area (Å²) in [6.07, 6.45) is 1.04. The minimum Gasteiger partial charge on any atom is -0.423 e. The molecule has 0 radical (unpaired) electrons. The summed E-state index contributed by atoms with van der Waals surface area (Å²) in [6.45, 7) is 2.14. The van der Waals surface area contributed by atoms with E-state index in [0.29, 0.717) is 30.6 Å². The van der Waals surface area contributed by atoms with Crippen molar-refractivity contribution >= 4 is 27.5 Å². The number of anilines is 1. The van der Waals surface area contributed by atoms with E-state index in [-0.39, 0.29) is 22.0 Å². The smallest absolute Gasteiger partial charge is 0.343 e. The number of Topliss-reactive ketones (excluding diaryl/α,β-unsaturated/α-hetero) is 1. The van der Waals surface area contributed by atoms with Crippen molar-refractivity contribution in [1.29, 1.82) is 0 Å². The molecule has 0 aromatic heterocycles. The molecule has 0 fully saturated rings. The van der Waals surface area contributed by atoms with Crippen molar-refractivity contribution in [2.45, 2.75) is 24.7 Å². The average Bonchev–Trinajstić information content (AvgIpc) is 3.24. The summed E-state index contributed by atoms with van der Waals surface area (Å²) < 4.78 is 33.1. The van der Waals surface area contributed by atoms with Crippen molar-refractivity contribution in [2.24, 2.45) is 0 Å². The number of carbonyl (C=O) groups excluding carboxylic acids is 2. The van der Waals surface area contributed by atoms with Crippen LogP contribution in [0.15, 0.2) is 77.7 Å². The molecular weight excluding hydrogens is 414 g/mol. The molecule has 0 saturated heterocycles. The number of hydrogen-bond acceptors (Lipinski definition) is 5. The molecule has 7 heteroatoms. The van der Waals surface area contributed by atoms with Crippen LogP contribution in [-0.2, 0) is 16.4 Å². The molecule has 0 N–H and O–H groups in total. The van der Waals surface area contributed by atoms with E-state index in [1.165, 1.54) is 28.6 Å². The Kier molecular flexibility index (Phi) is 5.61. The van der Waals surface area contributed by atoms with Crippen LogP contribution in [0.3, 0.4) is 0 Å². The molecule has 158 valence electrons. The molecule has 0 spiro atoms. The molecular formula is C24H21NO5S. The van der Waals surface area contributed by atoms with Crippen LogP contribution in [0.1, 0.15) is 39.6 Å². The van der Waals surface area contributed by atoms with E-state index < -0.39 is 16.0 Å². The summed E-state index contributed by atoms with van der Waals surface area (Å²) in [5, 5.41) is 0. The Morgan fingerprint density at radius 1 is 0.935 bits per heavy atom. The lowest BCUT2D eigenvalue weighted by Crippen LogP contribution is -2.29. The van der Waals surface area contributed by atoms with Gasteiger partial charge in [-0.15, -0.1) is 0 Å². The molecule has 0 saturated carbocycles.